The number of nitrogens with one attached hydrogen (secondary N) is 1. The molecule has 0 radical (unpaired) electrons. The molecule has 26 heavy (non-hydrogen) atoms. The highest BCUT2D eigenvalue weighted by atomic mass is 35.5. The Balaban J connectivity index is 1.75. The lowest BCUT2D eigenvalue weighted by Crippen LogP contribution is -2.27. The Morgan fingerprint density at radius 1 is 1.12 bits per heavy atom. The van der Waals surface area contributed by atoms with Crippen LogP contribution in [-0.4, -0.2) is 43.2 Å². The number of thioether (sulfide) groups is 1. The van der Waals surface area contributed by atoms with Crippen LogP contribution in [0.25, 0.3) is 0 Å². The maximum atomic E-state index is 12.0. The van der Waals surface area contributed by atoms with Crippen molar-refractivity contribution >= 4 is 40.9 Å². The van der Waals surface area contributed by atoms with E-state index in [1.54, 1.807) is 50.1 Å². The number of hydrogen-bond donors (Lipinski definition) is 1. The van der Waals surface area contributed by atoms with Crippen LogP contribution in [0.15, 0.2) is 53.4 Å². The molecule has 0 unspecified atom stereocenters. The number of ether oxygens (including phenoxy) is 1. The van der Waals surface area contributed by atoms with Crippen molar-refractivity contribution in [2.24, 2.45) is 0 Å². The lowest BCUT2D eigenvalue weighted by atomic mass is 10.3. The van der Waals surface area contributed by atoms with E-state index in [9.17, 15) is 9.59 Å². The number of benzene rings is 2. The molecule has 0 aliphatic heterocycles. The highest BCUT2D eigenvalue weighted by molar-refractivity contribution is 7.99. The van der Waals surface area contributed by atoms with E-state index in [1.165, 1.54) is 4.90 Å². The second-order valence-electron chi connectivity index (χ2n) is 5.68. The number of likely N-dealkylation sites (N-methyl/N-ethyl adjacent to an activating group) is 1. The quantitative estimate of drug-likeness (QED) is 0.691. The molecular weight excluding hydrogens is 372 g/mol. The Morgan fingerprint density at radius 3 is 2.46 bits per heavy atom. The molecular formula is C19H21ClN2O3S. The van der Waals surface area contributed by atoms with Crippen LogP contribution in [0, 0.1) is 0 Å². The normalized spacial score (nSPS) is 10.3. The van der Waals surface area contributed by atoms with Gasteiger partial charge in [-0.1, -0.05) is 23.7 Å². The number of hydrogen-bond acceptors (Lipinski definition) is 4. The predicted molar refractivity (Wildman–Crippen MR) is 106 cm³/mol. The molecule has 0 fully saturated rings. The van der Waals surface area contributed by atoms with Crippen LogP contribution in [0.2, 0.25) is 5.02 Å². The summed E-state index contributed by atoms with van der Waals surface area (Å²) in [5, 5.41) is 3.53. The summed E-state index contributed by atoms with van der Waals surface area (Å²) < 4.78 is 5.39. The van der Waals surface area contributed by atoms with Crippen molar-refractivity contribution < 1.29 is 14.3 Å². The molecule has 0 spiro atoms. The summed E-state index contributed by atoms with van der Waals surface area (Å²) in [6.45, 7) is -0.0159. The number of carbonyl (C=O) groups is 2. The summed E-state index contributed by atoms with van der Waals surface area (Å²) in [4.78, 5) is 25.9. The largest absolute Gasteiger partial charge is 0.484 e. The molecule has 0 aliphatic carbocycles. The fourth-order valence-electron chi connectivity index (χ4n) is 1.95. The van der Waals surface area contributed by atoms with E-state index in [2.05, 4.69) is 5.32 Å². The molecule has 2 aromatic rings. The third-order valence-electron chi connectivity index (χ3n) is 3.42. The van der Waals surface area contributed by atoms with Crippen LogP contribution >= 0.6 is 23.4 Å². The Bertz CT molecular complexity index is 751. The van der Waals surface area contributed by atoms with Gasteiger partial charge in [-0.25, -0.2) is 0 Å². The molecule has 0 saturated heterocycles. The standard InChI is InChI=1S/C19H21ClN2O3S/c1-22(2)19(24)13-25-15-9-7-14(8-10-15)21-18(23)11-12-26-17-6-4-3-5-16(17)20/h3-10H,11-13H2,1-2H3,(H,21,23). The number of amides is 2. The summed E-state index contributed by atoms with van der Waals surface area (Å²) in [6, 6.07) is 14.5. The maximum Gasteiger partial charge on any atom is 0.259 e. The van der Waals surface area contributed by atoms with Gasteiger partial charge in [0.2, 0.25) is 5.91 Å². The first-order chi connectivity index (χ1) is 12.5. The van der Waals surface area contributed by atoms with Crippen molar-refractivity contribution in [1.29, 1.82) is 0 Å². The Morgan fingerprint density at radius 2 is 1.81 bits per heavy atom. The van der Waals surface area contributed by atoms with Crippen LogP contribution < -0.4 is 10.1 Å². The minimum atomic E-state index is -0.113. The van der Waals surface area contributed by atoms with Gasteiger partial charge in [0.25, 0.3) is 5.91 Å². The van der Waals surface area contributed by atoms with Gasteiger partial charge in [-0.05, 0) is 36.4 Å². The van der Waals surface area contributed by atoms with Crippen LogP contribution in [0.4, 0.5) is 5.69 Å². The van der Waals surface area contributed by atoms with E-state index in [4.69, 9.17) is 16.3 Å². The SMILES string of the molecule is CN(C)C(=O)COc1ccc(NC(=O)CCSc2ccccc2Cl)cc1. The van der Waals surface area contributed by atoms with Crippen molar-refractivity contribution in [3.8, 4) is 5.75 Å². The number of nitrogens with zero attached hydrogens (tertiary/aromatic N) is 1. The van der Waals surface area contributed by atoms with E-state index in [0.717, 1.165) is 4.90 Å². The molecule has 0 saturated carbocycles. The third kappa shape index (κ3) is 6.61. The predicted octanol–water partition coefficient (Wildman–Crippen LogP) is 3.93. The van der Waals surface area contributed by atoms with Gasteiger partial charge < -0.3 is 15.0 Å². The van der Waals surface area contributed by atoms with E-state index in [1.807, 2.05) is 24.3 Å². The third-order valence-corrected chi connectivity index (χ3v) is 4.94. The van der Waals surface area contributed by atoms with Gasteiger partial charge >= 0.3 is 0 Å². The minimum Gasteiger partial charge on any atom is -0.484 e. The van der Waals surface area contributed by atoms with E-state index in [-0.39, 0.29) is 18.4 Å². The Hall–Kier alpha value is -2.18. The number of carbonyl (C=O) groups excluding carboxylic acids is 2. The van der Waals surface area contributed by atoms with Gasteiger partial charge in [0, 0.05) is 36.9 Å². The van der Waals surface area contributed by atoms with Gasteiger partial charge in [-0.15, -0.1) is 11.8 Å². The highest BCUT2D eigenvalue weighted by Crippen LogP contribution is 2.27. The summed E-state index contributed by atoms with van der Waals surface area (Å²) >= 11 is 7.64. The van der Waals surface area contributed by atoms with Crippen LogP contribution in [0.3, 0.4) is 0 Å². The molecule has 7 heteroatoms. The lowest BCUT2D eigenvalue weighted by Gasteiger charge is -2.11. The fraction of sp³-hybridized carbons (Fsp3) is 0.263. The van der Waals surface area contributed by atoms with Gasteiger partial charge in [-0.3, -0.25) is 9.59 Å². The molecule has 2 aromatic carbocycles. The molecule has 2 amide bonds. The first-order valence-corrected chi connectivity index (χ1v) is 9.42. The molecule has 0 heterocycles. The molecule has 2 rings (SSSR count). The first kappa shape index (κ1) is 20.1. The molecule has 0 aliphatic rings. The van der Waals surface area contributed by atoms with Gasteiger partial charge in [0.1, 0.15) is 5.75 Å². The zero-order valence-corrected chi connectivity index (χ0v) is 16.3. The summed E-state index contributed by atoms with van der Waals surface area (Å²) in [7, 11) is 3.35. The monoisotopic (exact) mass is 392 g/mol. The Labute approximate surface area is 162 Å². The van der Waals surface area contributed by atoms with Gasteiger partial charge in [-0.2, -0.15) is 0 Å². The maximum absolute atomic E-state index is 12.0. The molecule has 0 atom stereocenters. The summed E-state index contributed by atoms with van der Waals surface area (Å²) in [6.07, 6.45) is 0.380. The zero-order valence-electron chi connectivity index (χ0n) is 14.7. The lowest BCUT2D eigenvalue weighted by molar-refractivity contribution is -0.130. The zero-order chi connectivity index (χ0) is 18.9. The second kappa shape index (κ2) is 10.1. The van der Waals surface area contributed by atoms with Crippen LogP contribution in [-0.2, 0) is 9.59 Å². The van der Waals surface area contributed by atoms with E-state index >= 15 is 0 Å². The van der Waals surface area contributed by atoms with E-state index in [0.29, 0.717) is 28.6 Å². The fourth-order valence-corrected chi connectivity index (χ4v) is 3.14. The second-order valence-corrected chi connectivity index (χ2v) is 7.22. The summed E-state index contributed by atoms with van der Waals surface area (Å²) in [5.41, 5.74) is 0.684. The number of anilines is 1. The Kier molecular flexibility index (Phi) is 7.81. The molecule has 0 aromatic heterocycles. The van der Waals surface area contributed by atoms with Crippen molar-refractivity contribution in [3.63, 3.8) is 0 Å². The van der Waals surface area contributed by atoms with Crippen molar-refractivity contribution in [3.05, 3.63) is 53.6 Å². The number of rotatable bonds is 8. The van der Waals surface area contributed by atoms with Crippen LogP contribution in [0.5, 0.6) is 5.75 Å². The van der Waals surface area contributed by atoms with Crippen LogP contribution in [0.1, 0.15) is 6.42 Å². The van der Waals surface area contributed by atoms with Crippen molar-refractivity contribution in [1.82, 2.24) is 4.90 Å². The molecule has 1 N–H and O–H groups in total. The van der Waals surface area contributed by atoms with Crippen molar-refractivity contribution in [2.75, 3.05) is 31.8 Å². The first-order valence-electron chi connectivity index (χ1n) is 8.06. The topological polar surface area (TPSA) is 58.6 Å². The highest BCUT2D eigenvalue weighted by Gasteiger charge is 2.07. The average Bonchev–Trinajstić information content (AvgIpc) is 2.62. The molecule has 5 nitrogen and oxygen atoms in total. The van der Waals surface area contributed by atoms with E-state index < -0.39 is 0 Å². The average molecular weight is 393 g/mol. The molecule has 0 bridgehead atoms. The smallest absolute Gasteiger partial charge is 0.259 e. The van der Waals surface area contributed by atoms with Gasteiger partial charge in [0.05, 0.1) is 5.02 Å². The van der Waals surface area contributed by atoms with Crippen molar-refractivity contribution in [2.45, 2.75) is 11.3 Å². The minimum absolute atomic E-state index is 0.0159. The summed E-state index contributed by atoms with van der Waals surface area (Å²) in [5.74, 6) is 1.04. The molecule has 138 valence electrons. The number of halogens is 1. The van der Waals surface area contributed by atoms with Gasteiger partial charge in [0.15, 0.2) is 6.61 Å².